The molecule has 0 radical (unpaired) electrons. The van der Waals surface area contributed by atoms with Gasteiger partial charge in [0.15, 0.2) is 0 Å². The molecule has 1 heterocycles. The zero-order valence-electron chi connectivity index (χ0n) is 16.7. The molecule has 3 N–H and O–H groups in total. The van der Waals surface area contributed by atoms with Crippen LogP contribution in [0.3, 0.4) is 0 Å². The molecule has 0 aromatic heterocycles. The van der Waals surface area contributed by atoms with Gasteiger partial charge in [-0.15, -0.1) is 0 Å². The molecule has 0 bridgehead atoms. The lowest BCUT2D eigenvalue weighted by Crippen LogP contribution is -2.29. The highest BCUT2D eigenvalue weighted by atomic mass is 35.5. The van der Waals surface area contributed by atoms with Gasteiger partial charge in [-0.25, -0.2) is 10.2 Å². The summed E-state index contributed by atoms with van der Waals surface area (Å²) < 4.78 is 5.25. The summed E-state index contributed by atoms with van der Waals surface area (Å²) in [5, 5.41) is 11.5. The van der Waals surface area contributed by atoms with Crippen LogP contribution < -0.4 is 20.8 Å². The monoisotopic (exact) mass is 454 g/mol. The Labute approximate surface area is 190 Å². The second-order valence-electron chi connectivity index (χ2n) is 7.00. The fraction of sp³-hybridized carbons (Fsp3) is 0.130. The number of fused-ring (bicyclic) bond motifs is 1. The number of amides is 2. The van der Waals surface area contributed by atoms with Crippen LogP contribution in [-0.4, -0.2) is 18.9 Å². The minimum Gasteiger partial charge on any atom is -0.497 e. The van der Waals surface area contributed by atoms with E-state index in [-0.39, 0.29) is 6.04 Å². The Morgan fingerprint density at radius 2 is 1.77 bits per heavy atom. The zero-order chi connectivity index (χ0) is 21.8. The Bertz CT molecular complexity index is 1110. The van der Waals surface area contributed by atoms with Crippen molar-refractivity contribution in [1.82, 2.24) is 5.43 Å². The highest BCUT2D eigenvalue weighted by Gasteiger charge is 2.24. The molecule has 0 spiro atoms. The topological polar surface area (TPSA) is 74.8 Å². The van der Waals surface area contributed by atoms with Crippen LogP contribution in [-0.2, 0) is 0 Å². The van der Waals surface area contributed by atoms with Crippen LogP contribution in [0.15, 0.2) is 71.8 Å². The van der Waals surface area contributed by atoms with Crippen molar-refractivity contribution < 1.29 is 9.53 Å². The van der Waals surface area contributed by atoms with Gasteiger partial charge in [-0.3, -0.25) is 0 Å². The predicted octanol–water partition coefficient (Wildman–Crippen LogP) is 6.08. The second kappa shape index (κ2) is 9.29. The molecule has 2 amide bonds. The molecule has 4 rings (SSSR count). The molecule has 1 aliphatic heterocycles. The summed E-state index contributed by atoms with van der Waals surface area (Å²) in [7, 11) is 1.64. The Balaban J connectivity index is 1.53. The number of carbonyl (C=O) groups is 1. The van der Waals surface area contributed by atoms with Gasteiger partial charge in [-0.1, -0.05) is 53.5 Å². The van der Waals surface area contributed by atoms with Crippen molar-refractivity contribution in [1.29, 1.82) is 0 Å². The fourth-order valence-corrected chi connectivity index (χ4v) is 3.98. The van der Waals surface area contributed by atoms with Gasteiger partial charge in [0.1, 0.15) is 5.75 Å². The Morgan fingerprint density at radius 1 is 1.06 bits per heavy atom. The van der Waals surface area contributed by atoms with Gasteiger partial charge < -0.3 is 15.4 Å². The lowest BCUT2D eigenvalue weighted by Gasteiger charge is -2.28. The lowest BCUT2D eigenvalue weighted by atomic mass is 9.92. The van der Waals surface area contributed by atoms with E-state index < -0.39 is 6.03 Å². The van der Waals surface area contributed by atoms with Crippen LogP contribution in [0, 0.1) is 0 Å². The predicted molar refractivity (Wildman–Crippen MR) is 126 cm³/mol. The summed E-state index contributed by atoms with van der Waals surface area (Å²) in [5.41, 5.74) is 6.83. The summed E-state index contributed by atoms with van der Waals surface area (Å²) in [6.07, 6.45) is 0.604. The molecule has 0 fully saturated rings. The van der Waals surface area contributed by atoms with E-state index >= 15 is 0 Å². The van der Waals surface area contributed by atoms with E-state index in [9.17, 15) is 4.79 Å². The number of halogens is 2. The van der Waals surface area contributed by atoms with Crippen molar-refractivity contribution in [3.05, 3.63) is 87.9 Å². The van der Waals surface area contributed by atoms with Gasteiger partial charge in [-0.2, -0.15) is 5.10 Å². The van der Waals surface area contributed by atoms with Crippen molar-refractivity contribution in [2.75, 3.05) is 17.7 Å². The molecule has 8 heteroatoms. The van der Waals surface area contributed by atoms with Crippen LogP contribution in [0.5, 0.6) is 5.75 Å². The lowest BCUT2D eigenvalue weighted by molar-refractivity contribution is 0.252. The SMILES string of the molecule is COc1ccc(C2CC(=NNC(=O)Nc3cc(Cl)cc(Cl)c3)c3ccccc3N2)cc1. The third-order valence-electron chi connectivity index (χ3n) is 4.90. The standard InChI is InChI=1S/C23H20Cl2N4O2/c1-31-18-8-6-14(7-9-18)21-13-22(19-4-2-3-5-20(19)27-21)28-29-23(30)26-17-11-15(24)10-16(25)12-17/h2-12,21,27H,13H2,1H3,(H2,26,29,30). The van der Waals surface area contributed by atoms with E-state index in [1.165, 1.54) is 0 Å². The second-order valence-corrected chi connectivity index (χ2v) is 7.88. The Hall–Kier alpha value is -3.22. The maximum Gasteiger partial charge on any atom is 0.339 e. The number of anilines is 2. The number of urea groups is 1. The van der Waals surface area contributed by atoms with Crippen LogP contribution in [0.4, 0.5) is 16.2 Å². The van der Waals surface area contributed by atoms with Gasteiger partial charge >= 0.3 is 6.03 Å². The molecule has 6 nitrogen and oxygen atoms in total. The van der Waals surface area contributed by atoms with Crippen molar-refractivity contribution in [2.24, 2.45) is 5.10 Å². The summed E-state index contributed by atoms with van der Waals surface area (Å²) >= 11 is 12.0. The number of hydrogen-bond acceptors (Lipinski definition) is 4. The van der Waals surface area contributed by atoms with Crippen LogP contribution in [0.25, 0.3) is 0 Å². The average Bonchev–Trinajstić information content (AvgIpc) is 2.76. The molecule has 1 unspecified atom stereocenters. The van der Waals surface area contributed by atoms with Crippen molar-refractivity contribution in [3.8, 4) is 5.75 Å². The first-order valence-corrected chi connectivity index (χ1v) is 10.4. The number of nitrogens with zero attached hydrogens (tertiary/aromatic N) is 1. The summed E-state index contributed by atoms with van der Waals surface area (Å²) in [4.78, 5) is 12.4. The summed E-state index contributed by atoms with van der Waals surface area (Å²) in [5.74, 6) is 0.799. The molecule has 3 aromatic carbocycles. The largest absolute Gasteiger partial charge is 0.497 e. The van der Waals surface area contributed by atoms with Gasteiger partial charge in [0, 0.05) is 33.4 Å². The quantitative estimate of drug-likeness (QED) is 0.417. The average molecular weight is 455 g/mol. The molecular formula is C23H20Cl2N4O2. The van der Waals surface area contributed by atoms with Crippen LogP contribution >= 0.6 is 23.2 Å². The first-order chi connectivity index (χ1) is 15.0. The first kappa shape index (κ1) is 21.0. The summed E-state index contributed by atoms with van der Waals surface area (Å²) in [6, 6.07) is 20.1. The number of para-hydroxylation sites is 1. The molecule has 158 valence electrons. The number of benzene rings is 3. The molecule has 3 aromatic rings. The molecule has 0 aliphatic carbocycles. The fourth-order valence-electron chi connectivity index (χ4n) is 3.45. The number of methoxy groups -OCH3 is 1. The number of hydrazone groups is 1. The molecular weight excluding hydrogens is 435 g/mol. The van der Waals surface area contributed by atoms with E-state index in [0.717, 1.165) is 28.3 Å². The highest BCUT2D eigenvalue weighted by molar-refractivity contribution is 6.35. The number of carbonyl (C=O) groups excluding carboxylic acids is 1. The zero-order valence-corrected chi connectivity index (χ0v) is 18.2. The maximum atomic E-state index is 12.4. The minimum atomic E-state index is -0.483. The maximum absolute atomic E-state index is 12.4. The molecule has 1 aliphatic rings. The molecule has 31 heavy (non-hydrogen) atoms. The first-order valence-electron chi connectivity index (χ1n) is 9.61. The normalized spacial score (nSPS) is 16.2. The number of nitrogens with one attached hydrogen (secondary N) is 3. The van der Waals surface area contributed by atoms with E-state index in [4.69, 9.17) is 27.9 Å². The van der Waals surface area contributed by atoms with Crippen molar-refractivity contribution in [3.63, 3.8) is 0 Å². The smallest absolute Gasteiger partial charge is 0.339 e. The third-order valence-corrected chi connectivity index (χ3v) is 5.33. The minimum absolute atomic E-state index is 0.0103. The van der Waals surface area contributed by atoms with Crippen molar-refractivity contribution in [2.45, 2.75) is 12.5 Å². The van der Waals surface area contributed by atoms with Gasteiger partial charge in [0.25, 0.3) is 0 Å². The number of ether oxygens (including phenoxy) is 1. The highest BCUT2D eigenvalue weighted by Crippen LogP contribution is 2.33. The van der Waals surface area contributed by atoms with Gasteiger partial charge in [0.2, 0.25) is 0 Å². The Kier molecular flexibility index (Phi) is 6.30. The number of rotatable bonds is 4. The van der Waals surface area contributed by atoms with E-state index in [1.807, 2.05) is 48.5 Å². The molecule has 0 saturated heterocycles. The van der Waals surface area contributed by atoms with E-state index in [1.54, 1.807) is 25.3 Å². The molecule has 0 saturated carbocycles. The molecule has 1 atom stereocenters. The van der Waals surface area contributed by atoms with Crippen LogP contribution in [0.2, 0.25) is 10.0 Å². The summed E-state index contributed by atoms with van der Waals surface area (Å²) in [6.45, 7) is 0. The van der Waals surface area contributed by atoms with E-state index in [2.05, 4.69) is 21.2 Å². The van der Waals surface area contributed by atoms with Gasteiger partial charge in [-0.05, 0) is 42.0 Å². The van der Waals surface area contributed by atoms with E-state index in [0.29, 0.717) is 22.2 Å². The number of hydrogen-bond donors (Lipinski definition) is 3. The third kappa shape index (κ3) is 5.10. The van der Waals surface area contributed by atoms with Crippen LogP contribution in [0.1, 0.15) is 23.6 Å². The van der Waals surface area contributed by atoms with Gasteiger partial charge in [0.05, 0.1) is 18.9 Å². The van der Waals surface area contributed by atoms with Crippen molar-refractivity contribution >= 4 is 46.3 Å². The Morgan fingerprint density at radius 3 is 2.48 bits per heavy atom.